The Morgan fingerprint density at radius 1 is 1.50 bits per heavy atom. The van der Waals surface area contributed by atoms with Crippen molar-refractivity contribution in [2.75, 3.05) is 3.22 Å². The summed E-state index contributed by atoms with van der Waals surface area (Å²) in [6.07, 6.45) is 1.52. The zero-order valence-corrected chi connectivity index (χ0v) is 9.35. The van der Waals surface area contributed by atoms with Crippen molar-refractivity contribution in [1.29, 1.82) is 0 Å². The number of nitrogens with two attached hydrogens (primary N) is 1. The smallest absolute Gasteiger partial charge is 0.145 e. The van der Waals surface area contributed by atoms with Crippen LogP contribution in [0.2, 0.25) is 0 Å². The lowest BCUT2D eigenvalue weighted by Gasteiger charge is -2.12. The van der Waals surface area contributed by atoms with Crippen LogP contribution in [0.1, 0.15) is 5.56 Å². The maximum absolute atomic E-state index is 12.9. The molecule has 1 heterocycles. The largest absolute Gasteiger partial charge is 0.326 e. The van der Waals surface area contributed by atoms with Crippen molar-refractivity contribution < 1.29 is 4.39 Å². The van der Waals surface area contributed by atoms with Gasteiger partial charge in [-0.15, -0.1) is 5.10 Å². The van der Waals surface area contributed by atoms with Gasteiger partial charge in [0, 0.05) is 6.54 Å². The molecule has 4 nitrogen and oxygen atoms in total. The third kappa shape index (κ3) is 1.80. The van der Waals surface area contributed by atoms with Gasteiger partial charge in [-0.25, -0.2) is 4.39 Å². The predicted molar refractivity (Wildman–Crippen MR) is 61.7 cm³/mol. The van der Waals surface area contributed by atoms with Crippen molar-refractivity contribution in [1.82, 2.24) is 0 Å². The first-order chi connectivity index (χ1) is 6.81. The molecule has 74 valence electrons. The fourth-order valence-electron chi connectivity index (χ4n) is 1.15. The van der Waals surface area contributed by atoms with E-state index in [4.69, 9.17) is 5.73 Å². The maximum atomic E-state index is 12.9. The zero-order valence-electron chi connectivity index (χ0n) is 7.19. The molecule has 0 saturated heterocycles. The maximum Gasteiger partial charge on any atom is 0.145 e. The molecular formula is C8H8FIN4. The lowest BCUT2D eigenvalue weighted by atomic mass is 10.2. The molecule has 6 heteroatoms. The van der Waals surface area contributed by atoms with Crippen molar-refractivity contribution >= 4 is 33.3 Å². The minimum absolute atomic E-state index is 0.271. The quantitative estimate of drug-likeness (QED) is 0.672. The monoisotopic (exact) mass is 306 g/mol. The molecule has 0 aromatic heterocycles. The van der Waals surface area contributed by atoms with Gasteiger partial charge < -0.3 is 5.73 Å². The number of hydrogen-bond acceptors (Lipinski definition) is 4. The highest BCUT2D eigenvalue weighted by molar-refractivity contribution is 14.2. The summed E-state index contributed by atoms with van der Waals surface area (Å²) in [6.45, 7) is 0.308. The summed E-state index contributed by atoms with van der Waals surface area (Å²) < 4.78 is 18.7. The van der Waals surface area contributed by atoms with Gasteiger partial charge in [0.2, 0.25) is 0 Å². The van der Waals surface area contributed by atoms with Gasteiger partial charge in [-0.2, -0.15) is 6.37 Å². The second-order valence-electron chi connectivity index (χ2n) is 2.64. The molecule has 0 atom stereocenters. The Kier molecular flexibility index (Phi) is 2.82. The molecule has 0 radical (unpaired) electrons. The molecule has 1 aromatic carbocycles. The van der Waals surface area contributed by atoms with E-state index in [2.05, 4.69) is 8.25 Å². The van der Waals surface area contributed by atoms with Crippen LogP contribution in [0.25, 0.3) is 0 Å². The summed E-state index contributed by atoms with van der Waals surface area (Å²) in [5, 5.41) is 4.06. The zero-order chi connectivity index (χ0) is 9.97. The summed E-state index contributed by atoms with van der Waals surface area (Å²) in [5.41, 5.74) is 7.15. The predicted octanol–water partition coefficient (Wildman–Crippen LogP) is 2.12. The number of anilines is 1. The first-order valence-electron chi connectivity index (χ1n) is 3.97. The Balaban J connectivity index is 2.41. The van der Waals surface area contributed by atoms with Gasteiger partial charge in [-0.1, -0.05) is 0 Å². The summed E-state index contributed by atoms with van der Waals surface area (Å²) in [5.74, 6) is -0.271. The average Bonchev–Trinajstić information content (AvgIpc) is 2.70. The highest BCUT2D eigenvalue weighted by Crippen LogP contribution is 2.29. The molecule has 0 aliphatic carbocycles. The van der Waals surface area contributed by atoms with E-state index >= 15 is 0 Å². The second kappa shape index (κ2) is 4.09. The van der Waals surface area contributed by atoms with E-state index in [1.165, 1.54) is 18.5 Å². The van der Waals surface area contributed by atoms with Gasteiger partial charge in [-0.3, -0.25) is 0 Å². The number of hydrogen-bond donors (Lipinski definition) is 1. The Bertz CT molecular complexity index is 392. The lowest BCUT2D eigenvalue weighted by molar-refractivity contribution is 0.625. The van der Waals surface area contributed by atoms with Crippen LogP contribution in [0.4, 0.5) is 10.1 Å². The van der Waals surface area contributed by atoms with Gasteiger partial charge in [0.1, 0.15) is 33.5 Å². The number of hydrazone groups is 1. The topological polar surface area (TPSA) is 54.0 Å². The number of halogens is 2. The standard InChI is InChI=1S/C8H8FIN4/c9-7-1-2-8(6(3-7)4-11)14-10-12-5-13-14/h1-3,5H,4,11H2. The van der Waals surface area contributed by atoms with Crippen LogP contribution < -0.4 is 8.96 Å². The van der Waals surface area contributed by atoms with Gasteiger partial charge in [0.25, 0.3) is 0 Å². The Labute approximate surface area is 91.1 Å². The van der Waals surface area contributed by atoms with Crippen LogP contribution in [0, 0.1) is 5.82 Å². The van der Waals surface area contributed by atoms with Crippen LogP contribution in [-0.4, -0.2) is 6.34 Å². The molecule has 0 amide bonds. The second-order valence-corrected chi connectivity index (χ2v) is 4.54. The molecule has 14 heavy (non-hydrogen) atoms. The van der Waals surface area contributed by atoms with Crippen molar-refractivity contribution in [3.05, 3.63) is 29.6 Å². The lowest BCUT2D eigenvalue weighted by Crippen LogP contribution is -2.06. The first-order valence-corrected chi connectivity index (χ1v) is 5.90. The normalized spacial score (nSPS) is 14.6. The van der Waals surface area contributed by atoms with Crippen LogP contribution >= 0.6 is 21.3 Å². The van der Waals surface area contributed by atoms with Crippen LogP contribution in [-0.2, 0) is 6.54 Å². The van der Waals surface area contributed by atoms with Crippen molar-refractivity contribution in [2.45, 2.75) is 6.54 Å². The number of nitrogens with zero attached hydrogens (tertiary/aromatic N) is 3. The molecule has 0 saturated carbocycles. The number of rotatable bonds is 2. The summed E-state index contributed by atoms with van der Waals surface area (Å²) >= 11 is -0.477. The highest BCUT2D eigenvalue weighted by Gasteiger charge is 2.11. The van der Waals surface area contributed by atoms with Crippen LogP contribution in [0.15, 0.2) is 26.4 Å². The molecule has 0 spiro atoms. The number of benzene rings is 1. The van der Waals surface area contributed by atoms with Crippen LogP contribution in [0.5, 0.6) is 0 Å². The molecule has 0 unspecified atom stereocenters. The van der Waals surface area contributed by atoms with Gasteiger partial charge in [0.05, 0.1) is 5.69 Å². The molecular weight excluding hydrogens is 298 g/mol. The van der Waals surface area contributed by atoms with Crippen molar-refractivity contribution in [3.8, 4) is 0 Å². The molecule has 1 aliphatic heterocycles. The van der Waals surface area contributed by atoms with Crippen molar-refractivity contribution in [3.63, 3.8) is 0 Å². The summed E-state index contributed by atoms with van der Waals surface area (Å²) in [7, 11) is 0. The SMILES string of the molecule is NCc1cc(F)ccc1N1N=CN=I1. The fraction of sp³-hybridized carbons (Fsp3) is 0.125. The first kappa shape index (κ1) is 9.66. The van der Waals surface area contributed by atoms with Gasteiger partial charge in [-0.05, 0) is 23.8 Å². The minimum atomic E-state index is -0.477. The summed E-state index contributed by atoms with van der Waals surface area (Å²) in [6, 6.07) is 4.54. The summed E-state index contributed by atoms with van der Waals surface area (Å²) in [4.78, 5) is 0. The average molecular weight is 306 g/mol. The Hall–Kier alpha value is -0.890. The molecule has 2 N–H and O–H groups in total. The Morgan fingerprint density at radius 2 is 2.36 bits per heavy atom. The van der Waals surface area contributed by atoms with Gasteiger partial charge in [0.15, 0.2) is 0 Å². The van der Waals surface area contributed by atoms with Crippen LogP contribution in [0.3, 0.4) is 0 Å². The molecule has 0 bridgehead atoms. The highest BCUT2D eigenvalue weighted by atomic mass is 127. The third-order valence-corrected chi connectivity index (χ3v) is 3.45. The fourth-order valence-corrected chi connectivity index (χ4v) is 2.53. The van der Waals surface area contributed by atoms with E-state index < -0.39 is 21.3 Å². The third-order valence-electron chi connectivity index (χ3n) is 1.77. The van der Waals surface area contributed by atoms with E-state index in [1.54, 1.807) is 9.29 Å². The van der Waals surface area contributed by atoms with E-state index in [1.807, 2.05) is 0 Å². The van der Waals surface area contributed by atoms with Crippen molar-refractivity contribution in [2.24, 2.45) is 14.0 Å². The van der Waals surface area contributed by atoms with E-state index in [9.17, 15) is 4.39 Å². The van der Waals surface area contributed by atoms with E-state index in [0.29, 0.717) is 6.54 Å². The van der Waals surface area contributed by atoms with Gasteiger partial charge >= 0.3 is 0 Å². The van der Waals surface area contributed by atoms with E-state index in [-0.39, 0.29) is 5.82 Å². The molecule has 0 fully saturated rings. The van der Waals surface area contributed by atoms with E-state index in [0.717, 1.165) is 11.3 Å². The Morgan fingerprint density at radius 3 is 3.00 bits per heavy atom. The molecule has 2 rings (SSSR count). The minimum Gasteiger partial charge on any atom is -0.326 e. The molecule has 1 aromatic rings. The molecule has 1 aliphatic rings.